The number of aromatic amines is 1. The first kappa shape index (κ1) is 38.0. The number of ether oxygens (including phenoxy) is 2. The molecule has 11 heteroatoms. The van der Waals surface area contributed by atoms with Gasteiger partial charge in [0.05, 0.1) is 13.2 Å². The largest absolute Gasteiger partial charge is 0.504 e. The van der Waals surface area contributed by atoms with Gasteiger partial charge in [-0.25, -0.2) is 0 Å². The van der Waals surface area contributed by atoms with Crippen LogP contribution >= 0.6 is 0 Å². The molecule has 6 heterocycles. The van der Waals surface area contributed by atoms with Crippen molar-refractivity contribution in [2.45, 2.75) is 83.2 Å². The summed E-state index contributed by atoms with van der Waals surface area (Å²) in [5.41, 5.74) is 11.2. The summed E-state index contributed by atoms with van der Waals surface area (Å²) in [5, 5.41) is 26.2. The number of nitrogens with one attached hydrogen (secondary N) is 2. The summed E-state index contributed by atoms with van der Waals surface area (Å²) in [5.74, 6) is 0.239. The lowest BCUT2D eigenvalue weighted by Crippen LogP contribution is -2.64. The molecule has 2 saturated heterocycles. The van der Waals surface area contributed by atoms with Gasteiger partial charge in [0, 0.05) is 94.8 Å². The quantitative estimate of drug-likeness (QED) is 0.149. The third-order valence-electron chi connectivity index (χ3n) is 14.3. The highest BCUT2D eigenvalue weighted by Crippen LogP contribution is 2.63. The van der Waals surface area contributed by atoms with E-state index in [1.807, 2.05) is 45.0 Å². The molecule has 5 aromatic rings. The van der Waals surface area contributed by atoms with Crippen molar-refractivity contribution in [3.63, 3.8) is 0 Å². The number of pyridine rings is 2. The van der Waals surface area contributed by atoms with Crippen molar-refractivity contribution < 1.29 is 24.5 Å². The molecule has 1 unspecified atom stereocenters. The van der Waals surface area contributed by atoms with Crippen molar-refractivity contribution in [1.29, 1.82) is 0 Å². The lowest BCUT2D eigenvalue weighted by Gasteiger charge is -2.56. The lowest BCUT2D eigenvalue weighted by molar-refractivity contribution is -0.0454. The minimum absolute atomic E-state index is 0.0875. The van der Waals surface area contributed by atoms with Crippen molar-refractivity contribution in [3.05, 3.63) is 133 Å². The van der Waals surface area contributed by atoms with Crippen LogP contribution in [0.2, 0.25) is 0 Å². The number of fused-ring (bicyclic) bond motifs is 1. The first-order valence-corrected chi connectivity index (χ1v) is 21.1. The number of morpholine rings is 1. The van der Waals surface area contributed by atoms with Crippen LogP contribution in [-0.2, 0) is 29.7 Å². The molecule has 2 bridgehead atoms. The van der Waals surface area contributed by atoms with Crippen LogP contribution in [0.25, 0.3) is 16.6 Å². The Morgan fingerprint density at radius 1 is 1.03 bits per heavy atom. The zero-order valence-electron chi connectivity index (χ0n) is 34.5. The Morgan fingerprint density at radius 2 is 1.81 bits per heavy atom. The normalized spacial score (nSPS) is 25.2. The summed E-state index contributed by atoms with van der Waals surface area (Å²) < 4.78 is 14.3. The molecule has 10 rings (SSSR count). The molecule has 1 spiro atoms. The predicted octanol–water partition coefficient (Wildman–Crippen LogP) is 5.65. The molecule has 306 valence electrons. The molecular formula is C48H53N5O6. The second-order valence-electron chi connectivity index (χ2n) is 17.7. The van der Waals surface area contributed by atoms with E-state index in [0.717, 1.165) is 103 Å². The van der Waals surface area contributed by atoms with Crippen LogP contribution in [-0.4, -0.2) is 93.5 Å². The van der Waals surface area contributed by atoms with Crippen molar-refractivity contribution in [3.8, 4) is 22.6 Å². The third kappa shape index (κ3) is 5.99. The van der Waals surface area contributed by atoms with Crippen LogP contribution in [0.15, 0.2) is 71.7 Å². The number of aromatic nitrogens is 2. The smallest absolute Gasteiger partial charge is 0.253 e. The van der Waals surface area contributed by atoms with E-state index < -0.39 is 17.6 Å². The Hall–Kier alpha value is -5.20. The maximum atomic E-state index is 14.3. The third-order valence-corrected chi connectivity index (χ3v) is 14.3. The van der Waals surface area contributed by atoms with Crippen LogP contribution in [0.5, 0.6) is 11.5 Å². The zero-order chi connectivity index (χ0) is 40.9. The van der Waals surface area contributed by atoms with Crippen molar-refractivity contribution in [1.82, 2.24) is 24.5 Å². The lowest BCUT2D eigenvalue weighted by atomic mass is 9.52. The number of carbonyl (C=O) groups excluding carboxylic acids is 1. The monoisotopic (exact) mass is 795 g/mol. The van der Waals surface area contributed by atoms with E-state index in [4.69, 9.17) is 9.47 Å². The number of amides is 1. The number of benzene rings is 2. The van der Waals surface area contributed by atoms with Gasteiger partial charge in [-0.15, -0.1) is 0 Å². The molecule has 2 fully saturated rings. The number of H-pyrrole nitrogens is 1. The molecule has 1 amide bonds. The summed E-state index contributed by atoms with van der Waals surface area (Å²) in [7, 11) is 2.19. The van der Waals surface area contributed by atoms with E-state index in [0.29, 0.717) is 16.9 Å². The minimum atomic E-state index is -0.767. The fourth-order valence-corrected chi connectivity index (χ4v) is 11.4. The number of likely N-dealkylation sites (N-methyl/N-ethyl adjacent to an activating group) is 1. The molecule has 0 saturated carbocycles. The Morgan fingerprint density at radius 3 is 2.58 bits per heavy atom. The van der Waals surface area contributed by atoms with Crippen LogP contribution in [0.4, 0.5) is 0 Å². The average molecular weight is 796 g/mol. The van der Waals surface area contributed by atoms with Crippen LogP contribution < -0.4 is 15.6 Å². The van der Waals surface area contributed by atoms with Gasteiger partial charge in [-0.3, -0.25) is 14.5 Å². The molecule has 59 heavy (non-hydrogen) atoms. The van der Waals surface area contributed by atoms with Crippen LogP contribution in [0.1, 0.15) is 80.0 Å². The first-order chi connectivity index (χ1) is 28.4. The van der Waals surface area contributed by atoms with Gasteiger partial charge in [0.15, 0.2) is 11.5 Å². The van der Waals surface area contributed by atoms with Gasteiger partial charge in [-0.2, -0.15) is 0 Å². The number of aliphatic hydroxyl groups is 1. The summed E-state index contributed by atoms with van der Waals surface area (Å²) in [6.45, 7) is 13.2. The Bertz CT molecular complexity index is 2600. The molecule has 3 aliphatic heterocycles. The number of phenolic OH excluding ortho intramolecular Hbond substituents is 1. The number of piperidine rings is 1. The zero-order valence-corrected chi connectivity index (χ0v) is 34.5. The fourth-order valence-electron chi connectivity index (χ4n) is 11.4. The maximum Gasteiger partial charge on any atom is 0.253 e. The molecule has 11 nitrogen and oxygen atoms in total. The van der Waals surface area contributed by atoms with Crippen molar-refractivity contribution in [2.24, 2.45) is 5.92 Å². The number of rotatable bonds is 8. The molecule has 4 N–H and O–H groups in total. The van der Waals surface area contributed by atoms with Crippen molar-refractivity contribution in [2.75, 3.05) is 39.9 Å². The Balaban J connectivity index is 1.09. The van der Waals surface area contributed by atoms with E-state index in [1.165, 1.54) is 11.1 Å². The molecule has 6 atom stereocenters. The van der Waals surface area contributed by atoms with Gasteiger partial charge in [0.2, 0.25) is 0 Å². The van der Waals surface area contributed by atoms with Gasteiger partial charge in [0.25, 0.3) is 11.5 Å². The van der Waals surface area contributed by atoms with Gasteiger partial charge in [0.1, 0.15) is 12.2 Å². The Kier molecular flexibility index (Phi) is 9.17. The van der Waals surface area contributed by atoms with Gasteiger partial charge < -0.3 is 39.3 Å². The minimum Gasteiger partial charge on any atom is -0.504 e. The molecule has 2 aliphatic carbocycles. The first-order valence-electron chi connectivity index (χ1n) is 21.1. The standard InChI is InChI=1S/C48H53N5O6/c1-26-18-27(2)50-47(57)37(26)23-49-46(56)35-20-33-19-32(31-8-6-30(7-9-31)24-52-14-16-58-17-15-52)25-53(33)43(29(35)4)28(3)34-22-41(55)44-42-36(34)21-39-38-10-11-40(54)45(59-44)48(38,42)12-13-51(39)5/h6-11,18-20,22,25,28,38-40,45,54-55H,12-17,21,23-24H2,1-5H3,(H,49,56)(H,50,57)/t28?,38-,39+,40-,45-,48-/m0/s1. The van der Waals surface area contributed by atoms with Crippen molar-refractivity contribution >= 4 is 11.4 Å². The molecule has 0 radical (unpaired) electrons. The summed E-state index contributed by atoms with van der Waals surface area (Å²) in [4.78, 5) is 35.0. The van der Waals surface area contributed by atoms with Gasteiger partial charge in [-0.05, 0) is 105 Å². The summed E-state index contributed by atoms with van der Waals surface area (Å²) in [6.07, 6.45) is 6.61. The number of hydrogen-bond donors (Lipinski definition) is 4. The second kappa shape index (κ2) is 14.2. The highest BCUT2D eigenvalue weighted by atomic mass is 16.5. The topological polar surface area (TPSA) is 132 Å². The fraction of sp³-hybridized carbons (Fsp3) is 0.417. The van der Waals surface area contributed by atoms with E-state index in [2.05, 4.69) is 81.1 Å². The molecule has 2 aromatic carbocycles. The van der Waals surface area contributed by atoms with E-state index in [9.17, 15) is 19.8 Å². The number of aryl methyl sites for hydroxylation is 2. The number of aliphatic hydroxyl groups excluding tert-OH is 1. The SMILES string of the molecule is Cc1cc(C)c(CNC(=O)c2cc3cc(-c4ccc(CN5CCOCC5)cc4)cn3c(C(C)c3cc(O)c4c5c3C[C@@H]3[C@@H]6C=C[C@H](O)[C@H](O4)[C@]56CCN3C)c2C)c(=O)[nH]1. The van der Waals surface area contributed by atoms with Crippen LogP contribution in [0, 0.1) is 26.7 Å². The highest BCUT2D eigenvalue weighted by molar-refractivity contribution is 5.97. The number of aromatic hydroxyl groups is 1. The highest BCUT2D eigenvalue weighted by Gasteiger charge is 2.64. The number of nitrogens with zero attached hydrogens (tertiary/aromatic N) is 3. The average Bonchev–Trinajstić information content (AvgIpc) is 3.80. The number of phenols is 1. The number of carbonyl (C=O) groups is 1. The van der Waals surface area contributed by atoms with E-state index in [1.54, 1.807) is 0 Å². The number of likely N-dealkylation sites (tertiary alicyclic amines) is 1. The van der Waals surface area contributed by atoms with E-state index in [-0.39, 0.29) is 41.6 Å². The van der Waals surface area contributed by atoms with E-state index >= 15 is 0 Å². The maximum absolute atomic E-state index is 14.3. The molecule has 5 aliphatic rings. The summed E-state index contributed by atoms with van der Waals surface area (Å²) >= 11 is 0. The number of hydrogen-bond acceptors (Lipinski definition) is 8. The Labute approximate surface area is 344 Å². The van der Waals surface area contributed by atoms with Gasteiger partial charge in [-0.1, -0.05) is 43.3 Å². The molecule has 3 aromatic heterocycles. The predicted molar refractivity (Wildman–Crippen MR) is 226 cm³/mol. The second-order valence-corrected chi connectivity index (χ2v) is 17.7. The van der Waals surface area contributed by atoms with Gasteiger partial charge >= 0.3 is 0 Å². The van der Waals surface area contributed by atoms with Crippen LogP contribution in [0.3, 0.4) is 0 Å². The summed E-state index contributed by atoms with van der Waals surface area (Å²) in [6, 6.07) is 16.8. The molecular weight excluding hydrogens is 743 g/mol.